The van der Waals surface area contributed by atoms with Gasteiger partial charge in [0.25, 0.3) is 0 Å². The first-order valence-electron chi connectivity index (χ1n) is 4.38. The number of hydrogen-bond acceptors (Lipinski definition) is 2. The second-order valence-electron chi connectivity index (χ2n) is 2.53. The molecule has 0 N–H and O–H groups in total. The van der Waals surface area contributed by atoms with Gasteiger partial charge in [0, 0.05) is 0 Å². The van der Waals surface area contributed by atoms with Crippen molar-refractivity contribution in [2.45, 2.75) is 39.5 Å². The molecule has 1 atom stereocenters. The summed E-state index contributed by atoms with van der Waals surface area (Å²) in [4.78, 5) is 0. The summed E-state index contributed by atoms with van der Waals surface area (Å²) in [6, 6.07) is 0. The number of unbranched alkanes of at least 4 members (excludes halogenated alkanes) is 3. The van der Waals surface area contributed by atoms with Gasteiger partial charge in [-0.2, -0.15) is 0 Å². The molecule has 68 valence electrons. The first kappa shape index (κ1) is 15.5. The molecule has 2 nitrogen and oxygen atoms in total. The van der Waals surface area contributed by atoms with Crippen LogP contribution in [0.1, 0.15) is 41.0 Å². The van der Waals surface area contributed by atoms with Crippen molar-refractivity contribution in [2.24, 2.45) is 0 Å². The summed E-state index contributed by atoms with van der Waals surface area (Å²) in [6.45, 7) is 4.62. The quantitative estimate of drug-likeness (QED) is 0.340. The van der Waals surface area contributed by atoms with E-state index in [1.807, 2.05) is 6.92 Å². The van der Waals surface area contributed by atoms with Crippen LogP contribution in [0.5, 0.6) is 0 Å². The molecule has 0 saturated carbocycles. The van der Waals surface area contributed by atoms with Crippen molar-refractivity contribution in [3.8, 4) is 0 Å². The Hall–Kier alpha value is 1.06. The van der Waals surface area contributed by atoms with Crippen LogP contribution >= 0.6 is 8.03 Å². The van der Waals surface area contributed by atoms with E-state index < -0.39 is 8.03 Å². The van der Waals surface area contributed by atoms with Gasteiger partial charge in [0.15, 0.2) is 6.16 Å². The topological polar surface area (TPSA) is 26.3 Å². The Balaban J connectivity index is -0.000000500. The van der Waals surface area contributed by atoms with Crippen LogP contribution < -0.4 is 29.6 Å². The molecule has 0 aromatic rings. The second-order valence-corrected chi connectivity index (χ2v) is 3.91. The SMILES string of the molecule is CCCCCC[P+](=O)OCC.[H-].[Na+]. The van der Waals surface area contributed by atoms with E-state index in [1.54, 1.807) is 0 Å². The average molecular weight is 201 g/mol. The van der Waals surface area contributed by atoms with Crippen molar-refractivity contribution >= 4 is 8.03 Å². The van der Waals surface area contributed by atoms with E-state index in [0.29, 0.717) is 6.61 Å². The van der Waals surface area contributed by atoms with Crippen LogP contribution in [-0.2, 0) is 9.09 Å². The molecular formula is C8H19NaO2P+. The Morgan fingerprint density at radius 1 is 1.25 bits per heavy atom. The molecule has 0 aliphatic carbocycles. The largest absolute Gasteiger partial charge is 1.00 e. The van der Waals surface area contributed by atoms with E-state index in [4.69, 9.17) is 4.52 Å². The second kappa shape index (κ2) is 12.1. The normalized spacial score (nSPS) is 10.7. The first-order valence-corrected chi connectivity index (χ1v) is 5.75. The van der Waals surface area contributed by atoms with Crippen molar-refractivity contribution < 1.29 is 40.1 Å². The molecule has 0 aliphatic rings. The summed E-state index contributed by atoms with van der Waals surface area (Å²) in [7, 11) is -1.35. The smallest absolute Gasteiger partial charge is 1.00 e. The molecule has 0 aromatic heterocycles. The van der Waals surface area contributed by atoms with Gasteiger partial charge in [-0.05, 0) is 24.3 Å². The Kier molecular flexibility index (Phi) is 15.6. The maximum absolute atomic E-state index is 10.9. The molecular weight excluding hydrogens is 182 g/mol. The third kappa shape index (κ3) is 11.1. The number of rotatable bonds is 7. The molecule has 12 heavy (non-hydrogen) atoms. The van der Waals surface area contributed by atoms with Gasteiger partial charge >= 0.3 is 37.6 Å². The summed E-state index contributed by atoms with van der Waals surface area (Å²) in [5.41, 5.74) is 0. The minimum atomic E-state index is -1.35. The molecule has 0 amide bonds. The minimum Gasteiger partial charge on any atom is -1.00 e. The van der Waals surface area contributed by atoms with E-state index in [2.05, 4.69) is 6.92 Å². The van der Waals surface area contributed by atoms with E-state index in [9.17, 15) is 4.57 Å². The fourth-order valence-electron chi connectivity index (χ4n) is 0.876. The zero-order valence-corrected chi connectivity index (χ0v) is 11.4. The van der Waals surface area contributed by atoms with Crippen LogP contribution in [-0.4, -0.2) is 12.8 Å². The first-order chi connectivity index (χ1) is 5.31. The summed E-state index contributed by atoms with van der Waals surface area (Å²) in [6.07, 6.45) is 5.44. The predicted octanol–water partition coefficient (Wildman–Crippen LogP) is 0.462. The molecule has 0 radical (unpaired) electrons. The van der Waals surface area contributed by atoms with E-state index in [1.165, 1.54) is 19.3 Å². The van der Waals surface area contributed by atoms with Crippen LogP contribution in [0.4, 0.5) is 0 Å². The van der Waals surface area contributed by atoms with Gasteiger partial charge in [0.05, 0.1) is 6.61 Å². The van der Waals surface area contributed by atoms with Crippen molar-refractivity contribution in [1.82, 2.24) is 0 Å². The van der Waals surface area contributed by atoms with Gasteiger partial charge in [0.1, 0.15) is 0 Å². The van der Waals surface area contributed by atoms with Crippen LogP contribution in [0.25, 0.3) is 0 Å². The maximum Gasteiger partial charge on any atom is 1.00 e. The third-order valence-electron chi connectivity index (χ3n) is 1.47. The van der Waals surface area contributed by atoms with Crippen molar-refractivity contribution in [3.05, 3.63) is 0 Å². The summed E-state index contributed by atoms with van der Waals surface area (Å²) in [5, 5.41) is 0. The fourth-order valence-corrected chi connectivity index (χ4v) is 1.78. The summed E-state index contributed by atoms with van der Waals surface area (Å²) < 4.78 is 15.9. The van der Waals surface area contributed by atoms with Crippen LogP contribution in [0.3, 0.4) is 0 Å². The fraction of sp³-hybridized carbons (Fsp3) is 1.00. The Morgan fingerprint density at radius 2 is 1.92 bits per heavy atom. The Bertz CT molecular complexity index is 114. The van der Waals surface area contributed by atoms with E-state index in [0.717, 1.165) is 12.6 Å². The summed E-state index contributed by atoms with van der Waals surface area (Å²) in [5.74, 6) is 0. The molecule has 0 saturated heterocycles. The third-order valence-corrected chi connectivity index (χ3v) is 2.69. The van der Waals surface area contributed by atoms with Gasteiger partial charge in [-0.25, -0.2) is 0 Å². The van der Waals surface area contributed by atoms with Crippen LogP contribution in [0, 0.1) is 0 Å². The molecule has 0 aliphatic heterocycles. The average Bonchev–Trinajstić information content (AvgIpc) is 1.99. The van der Waals surface area contributed by atoms with E-state index >= 15 is 0 Å². The predicted molar refractivity (Wildman–Crippen MR) is 49.4 cm³/mol. The van der Waals surface area contributed by atoms with Crippen LogP contribution in [0.2, 0.25) is 0 Å². The van der Waals surface area contributed by atoms with Gasteiger partial charge in [-0.15, -0.1) is 4.52 Å². The molecule has 0 bridgehead atoms. The Morgan fingerprint density at radius 3 is 2.42 bits per heavy atom. The van der Waals surface area contributed by atoms with Gasteiger partial charge in [0.2, 0.25) is 0 Å². The molecule has 0 fully saturated rings. The monoisotopic (exact) mass is 201 g/mol. The summed E-state index contributed by atoms with van der Waals surface area (Å²) >= 11 is 0. The van der Waals surface area contributed by atoms with Crippen molar-refractivity contribution in [3.63, 3.8) is 0 Å². The van der Waals surface area contributed by atoms with Crippen molar-refractivity contribution in [2.75, 3.05) is 12.8 Å². The number of hydrogen-bond donors (Lipinski definition) is 0. The molecule has 0 rings (SSSR count). The Labute approximate surface area is 100 Å². The van der Waals surface area contributed by atoms with E-state index in [-0.39, 0.29) is 31.0 Å². The van der Waals surface area contributed by atoms with Gasteiger partial charge in [-0.3, -0.25) is 0 Å². The molecule has 1 unspecified atom stereocenters. The standard InChI is InChI=1S/C8H18O2P.Na.H/c1-3-5-6-7-8-11(9)10-4-2;;/h3-8H2,1-2H3;;/q2*+1;-1. The minimum absolute atomic E-state index is 0. The zero-order valence-electron chi connectivity index (χ0n) is 9.51. The molecule has 0 aromatic carbocycles. The molecule has 0 heterocycles. The maximum atomic E-state index is 10.9. The molecule has 4 heteroatoms. The van der Waals surface area contributed by atoms with Crippen LogP contribution in [0.15, 0.2) is 0 Å². The molecule has 0 spiro atoms. The zero-order chi connectivity index (χ0) is 8.53. The van der Waals surface area contributed by atoms with Crippen molar-refractivity contribution in [1.29, 1.82) is 0 Å². The van der Waals surface area contributed by atoms with Gasteiger partial charge in [-0.1, -0.05) is 19.8 Å². The van der Waals surface area contributed by atoms with Gasteiger partial charge < -0.3 is 1.43 Å².